The zero-order valence-electron chi connectivity index (χ0n) is 19.6. The van der Waals surface area contributed by atoms with Gasteiger partial charge in [0.25, 0.3) is 0 Å². The Morgan fingerprint density at radius 3 is 2.47 bits per heavy atom. The average molecular weight is 506 g/mol. The van der Waals surface area contributed by atoms with Gasteiger partial charge in [0.15, 0.2) is 5.82 Å². The van der Waals surface area contributed by atoms with Gasteiger partial charge >= 0.3 is 6.18 Å². The number of likely N-dealkylation sites (tertiary alicyclic amines) is 1. The molecular weight excluding hydrogens is 478 g/mol. The van der Waals surface area contributed by atoms with Crippen LogP contribution >= 0.6 is 0 Å². The standard InChI is InChI=1S/C24H27F4N7O/c25-19-12-34(10-15-5-7-33(8-6-15)13-20(29)36)22-21(19)23(32-14-31-22)35(18-3-4-18)11-17-2-1-16(9-30-17)24(26,27)28/h1-2,9,12,14-15,18H,3-8,10-11,13H2,(H2,29,36). The van der Waals surface area contributed by atoms with Crippen LogP contribution in [-0.4, -0.2) is 56.0 Å². The zero-order chi connectivity index (χ0) is 25.4. The Morgan fingerprint density at radius 1 is 1.11 bits per heavy atom. The SMILES string of the molecule is NC(=O)CN1CCC(Cn2cc(F)c3c(N(Cc4ccc(C(F)(F)F)cn4)C4CC4)ncnc32)CC1. The van der Waals surface area contributed by atoms with Crippen LogP contribution in [0.3, 0.4) is 0 Å². The lowest BCUT2D eigenvalue weighted by atomic mass is 9.96. The summed E-state index contributed by atoms with van der Waals surface area (Å²) >= 11 is 0. The fraction of sp³-hybridized carbons (Fsp3) is 0.500. The maximum absolute atomic E-state index is 15.3. The zero-order valence-corrected chi connectivity index (χ0v) is 19.6. The molecule has 1 amide bonds. The summed E-state index contributed by atoms with van der Waals surface area (Å²) in [4.78, 5) is 27.8. The van der Waals surface area contributed by atoms with Gasteiger partial charge in [-0.25, -0.2) is 14.4 Å². The van der Waals surface area contributed by atoms with E-state index in [0.29, 0.717) is 35.0 Å². The highest BCUT2D eigenvalue weighted by molar-refractivity contribution is 5.89. The number of primary amides is 1. The van der Waals surface area contributed by atoms with Gasteiger partial charge in [0.2, 0.25) is 5.91 Å². The molecule has 0 radical (unpaired) electrons. The first-order valence-electron chi connectivity index (χ1n) is 12.0. The number of alkyl halides is 3. The molecule has 4 heterocycles. The molecule has 5 rings (SSSR count). The fourth-order valence-corrected chi connectivity index (χ4v) is 4.87. The molecule has 2 N–H and O–H groups in total. The van der Waals surface area contributed by atoms with E-state index < -0.39 is 17.6 Å². The number of hydrogen-bond donors (Lipinski definition) is 1. The van der Waals surface area contributed by atoms with E-state index >= 15 is 4.39 Å². The van der Waals surface area contributed by atoms with Crippen LogP contribution in [0, 0.1) is 11.7 Å². The first kappa shape index (κ1) is 24.4. The van der Waals surface area contributed by atoms with Crippen molar-refractivity contribution >= 4 is 22.8 Å². The normalized spacial score (nSPS) is 17.6. The summed E-state index contributed by atoms with van der Waals surface area (Å²) in [7, 11) is 0. The molecular formula is C24H27F4N7O. The third kappa shape index (κ3) is 5.28. The first-order chi connectivity index (χ1) is 17.2. The number of amides is 1. The molecule has 192 valence electrons. The lowest BCUT2D eigenvalue weighted by Gasteiger charge is -2.31. The molecule has 1 aliphatic heterocycles. The van der Waals surface area contributed by atoms with E-state index in [1.54, 1.807) is 0 Å². The summed E-state index contributed by atoms with van der Waals surface area (Å²) in [5, 5.41) is 0.308. The maximum atomic E-state index is 15.3. The number of nitrogens with zero attached hydrogens (tertiary/aromatic N) is 6. The number of pyridine rings is 1. The molecule has 3 aromatic rings. The quantitative estimate of drug-likeness (QED) is 0.472. The van der Waals surface area contributed by atoms with E-state index in [1.807, 2.05) is 14.4 Å². The van der Waals surface area contributed by atoms with Crippen molar-refractivity contribution in [3.05, 3.63) is 47.9 Å². The Balaban J connectivity index is 1.36. The Labute approximate surface area is 205 Å². The number of rotatable bonds is 8. The van der Waals surface area contributed by atoms with Crippen LogP contribution in [-0.2, 0) is 24.1 Å². The third-order valence-electron chi connectivity index (χ3n) is 6.87. The van der Waals surface area contributed by atoms with Crippen molar-refractivity contribution in [2.75, 3.05) is 24.5 Å². The topological polar surface area (TPSA) is 93.2 Å². The number of nitrogens with two attached hydrogens (primary N) is 1. The highest BCUT2D eigenvalue weighted by Gasteiger charge is 2.34. The first-order valence-corrected chi connectivity index (χ1v) is 12.0. The van der Waals surface area contributed by atoms with Crippen molar-refractivity contribution in [3.8, 4) is 0 Å². The Hall–Kier alpha value is -3.28. The Bertz CT molecular complexity index is 1230. The highest BCUT2D eigenvalue weighted by Crippen LogP contribution is 2.37. The molecule has 8 nitrogen and oxygen atoms in total. The lowest BCUT2D eigenvalue weighted by Crippen LogP contribution is -2.40. The van der Waals surface area contributed by atoms with Gasteiger partial charge in [-0.05, 0) is 56.8 Å². The predicted octanol–water partition coefficient (Wildman–Crippen LogP) is 3.35. The molecule has 0 atom stereocenters. The molecule has 1 saturated heterocycles. The van der Waals surface area contributed by atoms with Crippen molar-refractivity contribution in [3.63, 3.8) is 0 Å². The second-order valence-electron chi connectivity index (χ2n) is 9.61. The van der Waals surface area contributed by atoms with Gasteiger partial charge in [0.1, 0.15) is 17.8 Å². The van der Waals surface area contributed by atoms with Crippen molar-refractivity contribution < 1.29 is 22.4 Å². The van der Waals surface area contributed by atoms with E-state index in [4.69, 9.17) is 5.73 Å². The number of hydrogen-bond acceptors (Lipinski definition) is 6. The second kappa shape index (κ2) is 9.64. The minimum atomic E-state index is -4.45. The number of piperidine rings is 1. The summed E-state index contributed by atoms with van der Waals surface area (Å²) in [6, 6.07) is 2.47. The highest BCUT2D eigenvalue weighted by atomic mass is 19.4. The van der Waals surface area contributed by atoms with Gasteiger partial charge in [-0.15, -0.1) is 0 Å². The third-order valence-corrected chi connectivity index (χ3v) is 6.87. The number of carbonyl (C=O) groups is 1. The summed E-state index contributed by atoms with van der Waals surface area (Å²) in [6.45, 7) is 2.56. The van der Waals surface area contributed by atoms with E-state index in [9.17, 15) is 18.0 Å². The Kier molecular flexibility index (Phi) is 6.54. The molecule has 1 saturated carbocycles. The van der Waals surface area contributed by atoms with Crippen LogP contribution in [0.1, 0.15) is 36.9 Å². The van der Waals surface area contributed by atoms with Crippen LogP contribution in [0.25, 0.3) is 11.0 Å². The number of carbonyl (C=O) groups excluding carboxylic acids is 1. The van der Waals surface area contributed by atoms with E-state index in [2.05, 4.69) is 15.0 Å². The van der Waals surface area contributed by atoms with Gasteiger partial charge in [0, 0.05) is 25.0 Å². The molecule has 0 unspecified atom stereocenters. The van der Waals surface area contributed by atoms with Gasteiger partial charge in [-0.1, -0.05) is 0 Å². The van der Waals surface area contributed by atoms with Crippen molar-refractivity contribution in [2.24, 2.45) is 11.7 Å². The molecule has 36 heavy (non-hydrogen) atoms. The van der Waals surface area contributed by atoms with Gasteiger partial charge < -0.3 is 15.2 Å². The van der Waals surface area contributed by atoms with E-state index in [1.165, 1.54) is 18.6 Å². The molecule has 0 bridgehead atoms. The lowest BCUT2D eigenvalue weighted by molar-refractivity contribution is -0.137. The smallest absolute Gasteiger partial charge is 0.369 e. The molecule has 1 aliphatic carbocycles. The number of aromatic nitrogens is 4. The molecule has 3 aromatic heterocycles. The van der Waals surface area contributed by atoms with Gasteiger partial charge in [0.05, 0.1) is 29.7 Å². The Morgan fingerprint density at radius 2 is 1.86 bits per heavy atom. The fourth-order valence-electron chi connectivity index (χ4n) is 4.87. The average Bonchev–Trinajstić information content (AvgIpc) is 3.62. The van der Waals surface area contributed by atoms with Crippen LogP contribution in [0.4, 0.5) is 23.4 Å². The number of anilines is 1. The van der Waals surface area contributed by atoms with Crippen molar-refractivity contribution in [1.82, 2.24) is 24.4 Å². The molecule has 0 spiro atoms. The van der Waals surface area contributed by atoms with E-state index in [0.717, 1.165) is 51.0 Å². The van der Waals surface area contributed by atoms with Crippen LogP contribution in [0.15, 0.2) is 30.9 Å². The summed E-state index contributed by atoms with van der Waals surface area (Å²) in [5.74, 6) is -0.0455. The van der Waals surface area contributed by atoms with Gasteiger partial charge in [-0.3, -0.25) is 14.7 Å². The summed E-state index contributed by atoms with van der Waals surface area (Å²) in [6.07, 6.45) is 2.71. The molecule has 2 fully saturated rings. The molecule has 12 heteroatoms. The van der Waals surface area contributed by atoms with E-state index in [-0.39, 0.29) is 25.0 Å². The van der Waals surface area contributed by atoms with Crippen molar-refractivity contribution in [2.45, 2.75) is 51.0 Å². The van der Waals surface area contributed by atoms with Crippen LogP contribution < -0.4 is 10.6 Å². The molecule has 2 aliphatic rings. The van der Waals surface area contributed by atoms with Crippen LogP contribution in [0.5, 0.6) is 0 Å². The maximum Gasteiger partial charge on any atom is 0.417 e. The number of halogens is 4. The summed E-state index contributed by atoms with van der Waals surface area (Å²) in [5.41, 5.74) is 5.42. The minimum Gasteiger partial charge on any atom is -0.369 e. The molecule has 0 aromatic carbocycles. The summed E-state index contributed by atoms with van der Waals surface area (Å²) < 4.78 is 55.8. The minimum absolute atomic E-state index is 0.115. The van der Waals surface area contributed by atoms with Crippen LogP contribution in [0.2, 0.25) is 0 Å². The largest absolute Gasteiger partial charge is 0.417 e. The monoisotopic (exact) mass is 505 g/mol. The van der Waals surface area contributed by atoms with Crippen molar-refractivity contribution in [1.29, 1.82) is 0 Å². The second-order valence-corrected chi connectivity index (χ2v) is 9.61. The van der Waals surface area contributed by atoms with Gasteiger partial charge in [-0.2, -0.15) is 13.2 Å². The predicted molar refractivity (Wildman–Crippen MR) is 124 cm³/mol. The number of fused-ring (bicyclic) bond motifs is 1.